The molecular formula is C21H21ClN4O2. The van der Waals surface area contributed by atoms with E-state index in [2.05, 4.69) is 17.2 Å². The van der Waals surface area contributed by atoms with Crippen LogP contribution in [0.25, 0.3) is 5.52 Å². The maximum atomic E-state index is 13.1. The summed E-state index contributed by atoms with van der Waals surface area (Å²) in [6, 6.07) is 12.4. The highest BCUT2D eigenvalue weighted by molar-refractivity contribution is 6.34. The van der Waals surface area contributed by atoms with Gasteiger partial charge in [-0.25, -0.2) is 4.98 Å². The number of likely N-dealkylation sites (tertiary alicyclic amines) is 1. The third-order valence-corrected chi connectivity index (χ3v) is 5.48. The van der Waals surface area contributed by atoms with Crippen LogP contribution >= 0.6 is 11.6 Å². The number of anilines is 1. The van der Waals surface area contributed by atoms with Gasteiger partial charge in [-0.3, -0.25) is 14.0 Å². The molecule has 6 nitrogen and oxygen atoms in total. The van der Waals surface area contributed by atoms with Crippen LogP contribution in [0.1, 0.15) is 40.9 Å². The number of halogens is 1. The Hall–Kier alpha value is -2.86. The number of benzene rings is 1. The number of pyridine rings is 1. The van der Waals surface area contributed by atoms with Crippen molar-refractivity contribution in [3.63, 3.8) is 0 Å². The van der Waals surface area contributed by atoms with Gasteiger partial charge < -0.3 is 10.2 Å². The molecule has 2 aromatic heterocycles. The zero-order valence-electron chi connectivity index (χ0n) is 15.6. The standard InChI is InChI=1S/C21H21ClN4O2/c1-14-9-12-25(13-10-14)21(28)19-24-18(17-8-4-5-11-26(17)19)20(27)23-16-7-3-2-6-15(16)22/h2-8,11,14H,9-10,12-13H2,1H3,(H,23,27). The molecule has 0 spiro atoms. The van der Waals surface area contributed by atoms with Crippen LogP contribution in [0, 0.1) is 5.92 Å². The number of imidazole rings is 1. The first-order valence-electron chi connectivity index (χ1n) is 9.37. The normalized spacial score (nSPS) is 15.0. The van der Waals surface area contributed by atoms with Crippen molar-refractivity contribution in [1.29, 1.82) is 0 Å². The summed E-state index contributed by atoms with van der Waals surface area (Å²) in [6.07, 6.45) is 3.72. The number of aromatic nitrogens is 2. The van der Waals surface area contributed by atoms with Crippen molar-refractivity contribution in [2.45, 2.75) is 19.8 Å². The number of piperidine rings is 1. The Labute approximate surface area is 168 Å². The fraction of sp³-hybridized carbons (Fsp3) is 0.286. The van der Waals surface area contributed by atoms with Crippen LogP contribution in [0.5, 0.6) is 0 Å². The molecule has 1 fully saturated rings. The van der Waals surface area contributed by atoms with Gasteiger partial charge in [-0.2, -0.15) is 0 Å². The van der Waals surface area contributed by atoms with E-state index in [0.717, 1.165) is 12.8 Å². The van der Waals surface area contributed by atoms with E-state index in [1.807, 2.05) is 17.0 Å². The maximum Gasteiger partial charge on any atom is 0.290 e. The van der Waals surface area contributed by atoms with Crippen molar-refractivity contribution < 1.29 is 9.59 Å². The number of carbonyl (C=O) groups excluding carboxylic acids is 2. The molecule has 3 heterocycles. The third-order valence-electron chi connectivity index (χ3n) is 5.15. The second kappa shape index (κ2) is 7.64. The number of nitrogens with zero attached hydrogens (tertiary/aromatic N) is 3. The average Bonchev–Trinajstić information content (AvgIpc) is 3.10. The number of amides is 2. The SMILES string of the molecule is CC1CCN(C(=O)c2nc(C(=O)Nc3ccccc3Cl)c3ccccn23)CC1. The van der Waals surface area contributed by atoms with Gasteiger partial charge in [0.05, 0.1) is 16.2 Å². The molecule has 3 aromatic rings. The van der Waals surface area contributed by atoms with Crippen molar-refractivity contribution in [2.24, 2.45) is 5.92 Å². The Bertz CT molecular complexity index is 1040. The number of carbonyl (C=O) groups is 2. The Kier molecular flexibility index (Phi) is 5.05. The monoisotopic (exact) mass is 396 g/mol. The topological polar surface area (TPSA) is 66.7 Å². The van der Waals surface area contributed by atoms with E-state index in [-0.39, 0.29) is 17.4 Å². The molecule has 1 aliphatic heterocycles. The van der Waals surface area contributed by atoms with Gasteiger partial charge in [0.25, 0.3) is 11.8 Å². The molecule has 0 saturated carbocycles. The zero-order chi connectivity index (χ0) is 19.7. The molecule has 0 unspecified atom stereocenters. The molecule has 1 aliphatic rings. The van der Waals surface area contributed by atoms with E-state index < -0.39 is 5.91 Å². The molecule has 1 aromatic carbocycles. The van der Waals surface area contributed by atoms with Gasteiger partial charge in [0.1, 0.15) is 0 Å². The van der Waals surface area contributed by atoms with Gasteiger partial charge in [0.2, 0.25) is 5.82 Å². The first-order chi connectivity index (χ1) is 13.5. The maximum absolute atomic E-state index is 13.1. The van der Waals surface area contributed by atoms with Gasteiger partial charge in [-0.15, -0.1) is 0 Å². The molecule has 0 radical (unpaired) electrons. The van der Waals surface area contributed by atoms with Gasteiger partial charge in [0, 0.05) is 19.3 Å². The highest BCUT2D eigenvalue weighted by Gasteiger charge is 2.27. The van der Waals surface area contributed by atoms with Crippen LogP contribution in [-0.2, 0) is 0 Å². The van der Waals surface area contributed by atoms with Crippen LogP contribution in [0.4, 0.5) is 5.69 Å². The van der Waals surface area contributed by atoms with Crippen LogP contribution in [0.2, 0.25) is 5.02 Å². The number of hydrogen-bond donors (Lipinski definition) is 1. The zero-order valence-corrected chi connectivity index (χ0v) is 16.3. The Balaban J connectivity index is 1.67. The number of hydrogen-bond acceptors (Lipinski definition) is 3. The van der Waals surface area contributed by atoms with Crippen molar-refractivity contribution in [3.8, 4) is 0 Å². The summed E-state index contributed by atoms with van der Waals surface area (Å²) in [7, 11) is 0. The number of fused-ring (bicyclic) bond motifs is 1. The fourth-order valence-corrected chi connectivity index (χ4v) is 3.64. The van der Waals surface area contributed by atoms with Gasteiger partial charge in [-0.1, -0.05) is 36.7 Å². The van der Waals surface area contributed by atoms with Gasteiger partial charge in [-0.05, 0) is 43.0 Å². The summed E-state index contributed by atoms with van der Waals surface area (Å²) >= 11 is 6.14. The van der Waals surface area contributed by atoms with Crippen LogP contribution in [0.15, 0.2) is 48.7 Å². The molecule has 1 saturated heterocycles. The number of nitrogens with one attached hydrogen (secondary N) is 1. The lowest BCUT2D eigenvalue weighted by atomic mass is 9.99. The minimum atomic E-state index is -0.400. The molecule has 4 rings (SSSR count). The Morgan fingerprint density at radius 3 is 2.57 bits per heavy atom. The summed E-state index contributed by atoms with van der Waals surface area (Å²) < 4.78 is 1.68. The predicted octanol–water partition coefficient (Wildman–Crippen LogP) is 4.11. The minimum absolute atomic E-state index is 0.148. The molecular weight excluding hydrogens is 376 g/mol. The first-order valence-corrected chi connectivity index (χ1v) is 9.74. The highest BCUT2D eigenvalue weighted by Crippen LogP contribution is 2.23. The van der Waals surface area contributed by atoms with E-state index in [0.29, 0.717) is 35.2 Å². The first kappa shape index (κ1) is 18.5. The second-order valence-corrected chi connectivity index (χ2v) is 7.56. The van der Waals surface area contributed by atoms with Gasteiger partial charge in [0.15, 0.2) is 5.69 Å². The Morgan fingerprint density at radius 1 is 1.11 bits per heavy atom. The number of para-hydroxylation sites is 1. The highest BCUT2D eigenvalue weighted by atomic mass is 35.5. The van der Waals surface area contributed by atoms with Crippen molar-refractivity contribution in [2.75, 3.05) is 18.4 Å². The average molecular weight is 397 g/mol. The van der Waals surface area contributed by atoms with Crippen LogP contribution in [0.3, 0.4) is 0 Å². The largest absolute Gasteiger partial charge is 0.336 e. The van der Waals surface area contributed by atoms with E-state index in [1.165, 1.54) is 0 Å². The molecule has 144 valence electrons. The molecule has 0 atom stereocenters. The lowest BCUT2D eigenvalue weighted by Crippen LogP contribution is -2.38. The van der Waals surface area contributed by atoms with Crippen molar-refractivity contribution >= 4 is 34.6 Å². The summed E-state index contributed by atoms with van der Waals surface area (Å²) in [5.74, 6) is 0.334. The van der Waals surface area contributed by atoms with E-state index in [1.54, 1.807) is 40.9 Å². The molecule has 0 aliphatic carbocycles. The summed E-state index contributed by atoms with van der Waals surface area (Å²) in [5.41, 5.74) is 1.29. The Morgan fingerprint density at radius 2 is 1.82 bits per heavy atom. The van der Waals surface area contributed by atoms with E-state index in [9.17, 15) is 9.59 Å². The predicted molar refractivity (Wildman–Crippen MR) is 109 cm³/mol. The van der Waals surface area contributed by atoms with Crippen molar-refractivity contribution in [3.05, 3.63) is 65.2 Å². The minimum Gasteiger partial charge on any atom is -0.336 e. The lowest BCUT2D eigenvalue weighted by Gasteiger charge is -2.29. The third kappa shape index (κ3) is 3.47. The molecule has 0 bridgehead atoms. The molecule has 2 amide bonds. The van der Waals surface area contributed by atoms with Crippen LogP contribution < -0.4 is 5.32 Å². The quantitative estimate of drug-likeness (QED) is 0.724. The summed E-state index contributed by atoms with van der Waals surface area (Å²) in [4.78, 5) is 32.2. The fourth-order valence-electron chi connectivity index (χ4n) is 3.45. The van der Waals surface area contributed by atoms with Gasteiger partial charge >= 0.3 is 0 Å². The summed E-state index contributed by atoms with van der Waals surface area (Å²) in [6.45, 7) is 3.62. The molecule has 1 N–H and O–H groups in total. The summed E-state index contributed by atoms with van der Waals surface area (Å²) in [5, 5.41) is 3.23. The lowest BCUT2D eigenvalue weighted by molar-refractivity contribution is 0.0684. The van der Waals surface area contributed by atoms with Crippen molar-refractivity contribution in [1.82, 2.24) is 14.3 Å². The molecule has 28 heavy (non-hydrogen) atoms. The number of rotatable bonds is 3. The smallest absolute Gasteiger partial charge is 0.290 e. The van der Waals surface area contributed by atoms with E-state index >= 15 is 0 Å². The van der Waals surface area contributed by atoms with E-state index in [4.69, 9.17) is 11.6 Å². The molecule has 7 heteroatoms. The second-order valence-electron chi connectivity index (χ2n) is 7.15. The van der Waals surface area contributed by atoms with Crippen LogP contribution in [-0.4, -0.2) is 39.2 Å².